The van der Waals surface area contributed by atoms with Gasteiger partial charge in [0.15, 0.2) is 0 Å². The highest BCUT2D eigenvalue weighted by molar-refractivity contribution is 7.27. The number of furan rings is 1. The zero-order valence-corrected chi connectivity index (χ0v) is 44.7. The zero-order chi connectivity index (χ0) is 53.4. The van der Waals surface area contributed by atoms with Crippen LogP contribution in [0.3, 0.4) is 0 Å². The lowest BCUT2D eigenvalue weighted by Gasteiger charge is -2.25. The van der Waals surface area contributed by atoms with Crippen LogP contribution in [-0.4, -0.2) is 9.13 Å². The summed E-state index contributed by atoms with van der Waals surface area (Å²) in [7, 11) is 0. The third-order valence-electron chi connectivity index (χ3n) is 16.6. The van der Waals surface area contributed by atoms with E-state index in [0.717, 1.165) is 119 Å². The molecule has 81 heavy (non-hydrogen) atoms. The second-order valence-corrected chi connectivity index (χ2v) is 22.8. The Labute approximate surface area is 471 Å². The normalized spacial score (nSPS) is 11.9. The van der Waals surface area contributed by atoms with Gasteiger partial charge < -0.3 is 13.6 Å². The quantitative estimate of drug-likeness (QED) is 0.167. The summed E-state index contributed by atoms with van der Waals surface area (Å²) in [5, 5.41) is 35.7. The molecule has 0 bridgehead atoms. The van der Waals surface area contributed by atoms with E-state index in [9.17, 15) is 10.5 Å². The molecule has 0 radical (unpaired) electrons. The fourth-order valence-corrected chi connectivity index (χ4v) is 15.8. The van der Waals surface area contributed by atoms with Gasteiger partial charge in [0.25, 0.3) is 0 Å². The molecule has 0 spiro atoms. The fraction of sp³-hybridized carbons (Fsp3) is 0. The molecule has 0 aliphatic heterocycles. The van der Waals surface area contributed by atoms with Crippen molar-refractivity contribution < 1.29 is 4.42 Å². The molecule has 5 aromatic heterocycles. The topological polar surface area (TPSA) is 70.6 Å². The Morgan fingerprint density at radius 2 is 0.840 bits per heavy atom. The van der Waals surface area contributed by atoms with Gasteiger partial charge in [-0.25, -0.2) is 0 Å². The van der Waals surface area contributed by atoms with E-state index < -0.39 is 0 Å². The van der Waals surface area contributed by atoms with E-state index in [0.29, 0.717) is 28.1 Å². The van der Waals surface area contributed by atoms with Gasteiger partial charge in [0.2, 0.25) is 0 Å². The molecule has 374 valence electrons. The molecule has 0 amide bonds. The summed E-state index contributed by atoms with van der Waals surface area (Å²) in [6.07, 6.45) is 0. The van der Waals surface area contributed by atoms with Crippen LogP contribution in [0.5, 0.6) is 0 Å². The van der Waals surface area contributed by atoms with Gasteiger partial charge in [-0.1, -0.05) is 212 Å². The van der Waals surface area contributed by atoms with Crippen molar-refractivity contribution in [3.63, 3.8) is 0 Å². The molecule has 0 N–H and O–H groups in total. The van der Waals surface area contributed by atoms with Gasteiger partial charge in [-0.2, -0.15) is 10.5 Å². The molecule has 17 aromatic rings. The van der Waals surface area contributed by atoms with Crippen LogP contribution in [0.2, 0.25) is 0 Å². The number of rotatable bonds is 6. The van der Waals surface area contributed by atoms with E-state index in [1.807, 2.05) is 48.5 Å². The van der Waals surface area contributed by atoms with Crippen molar-refractivity contribution in [2.24, 2.45) is 0 Å². The van der Waals surface area contributed by atoms with Gasteiger partial charge >= 0.3 is 0 Å². The lowest BCUT2D eigenvalue weighted by Crippen LogP contribution is -2.11. The lowest BCUT2D eigenvalue weighted by atomic mass is 9.86. The molecular formula is C74H40N4OS2. The Morgan fingerprint density at radius 3 is 1.58 bits per heavy atom. The molecule has 0 atom stereocenters. The summed E-state index contributed by atoms with van der Waals surface area (Å²) in [6, 6.07) is 91.0. The molecule has 0 saturated carbocycles. The number of nitriles is 2. The van der Waals surface area contributed by atoms with E-state index >= 15 is 0 Å². The highest BCUT2D eigenvalue weighted by Crippen LogP contribution is 2.54. The van der Waals surface area contributed by atoms with E-state index in [4.69, 9.17) is 4.42 Å². The van der Waals surface area contributed by atoms with Crippen molar-refractivity contribution in [2.45, 2.75) is 0 Å². The summed E-state index contributed by atoms with van der Waals surface area (Å²) in [5.74, 6) is 0. The Bertz CT molecular complexity index is 5610. The van der Waals surface area contributed by atoms with Crippen LogP contribution in [0.25, 0.3) is 162 Å². The third kappa shape index (κ3) is 6.39. The maximum absolute atomic E-state index is 12.4. The summed E-state index contributed by atoms with van der Waals surface area (Å²) in [5.41, 5.74) is 15.1. The number of hydrogen-bond donors (Lipinski definition) is 0. The Balaban J connectivity index is 1.11. The number of hydrogen-bond acceptors (Lipinski definition) is 5. The first-order chi connectivity index (χ1) is 40.2. The van der Waals surface area contributed by atoms with Crippen LogP contribution in [-0.2, 0) is 0 Å². The average Bonchev–Trinajstić information content (AvgIpc) is 2.61. The predicted octanol–water partition coefficient (Wildman–Crippen LogP) is 20.9. The number of fused-ring (bicyclic) bond motifs is 17. The van der Waals surface area contributed by atoms with Gasteiger partial charge in [-0.3, -0.25) is 0 Å². The average molecular weight is 1070 g/mol. The smallest absolute Gasteiger partial charge is 0.143 e. The van der Waals surface area contributed by atoms with Gasteiger partial charge in [-0.05, 0) is 58.1 Å². The van der Waals surface area contributed by atoms with Crippen LogP contribution in [0.1, 0.15) is 11.1 Å². The van der Waals surface area contributed by atoms with Crippen molar-refractivity contribution in [3.05, 3.63) is 254 Å². The number of para-hydroxylation sites is 3. The SMILES string of the molecule is N#Cc1c(-c2ccccc2)c(C#N)c(-n2c3c(ccc4c5ccccc5sc43)c3ccc4c(sc5cccc(-c6ccccc6)c54)c32)c(-c2ccccc2)c1-n1c2ccccc2c2c(-c3cccc4c3oc3ccccc34)cccc21. The minimum atomic E-state index is 0.403. The van der Waals surface area contributed by atoms with Gasteiger partial charge in [-0.15, -0.1) is 22.7 Å². The second-order valence-electron chi connectivity index (χ2n) is 20.7. The largest absolute Gasteiger partial charge is 0.455 e. The van der Waals surface area contributed by atoms with Crippen LogP contribution in [0.15, 0.2) is 247 Å². The first kappa shape index (κ1) is 45.5. The van der Waals surface area contributed by atoms with Crippen molar-refractivity contribution in [1.29, 1.82) is 10.5 Å². The maximum Gasteiger partial charge on any atom is 0.143 e. The summed E-state index contributed by atoms with van der Waals surface area (Å²) >= 11 is 3.59. The molecule has 0 aliphatic rings. The van der Waals surface area contributed by atoms with Gasteiger partial charge in [0.1, 0.15) is 23.3 Å². The van der Waals surface area contributed by atoms with Crippen LogP contribution < -0.4 is 0 Å². The fourth-order valence-electron chi connectivity index (χ4n) is 13.3. The van der Waals surface area contributed by atoms with Crippen LogP contribution in [0, 0.1) is 22.7 Å². The predicted molar refractivity (Wildman–Crippen MR) is 339 cm³/mol. The van der Waals surface area contributed by atoms with Crippen molar-refractivity contribution in [1.82, 2.24) is 9.13 Å². The zero-order valence-electron chi connectivity index (χ0n) is 43.1. The first-order valence-corrected chi connectivity index (χ1v) is 28.7. The standard InChI is InChI=1S/C74H40N4OS2/c75-41-57-64(44-21-6-2-7-22-44)58(42-76)69(78-70-50(37-39-54-48-26-12-15-35-62(48)80-73(54)70)51-38-40-56-67-46(43-19-4-1-5-20-43)28-18-36-63(67)81-74(56)71(51)78)65(45-23-8-3-9-24-45)68(57)77-59-32-13-10-27-55(59)66-49(29-17-33-60(66)77)53-31-16-30-52-47-25-11-14-34-61(47)79-72(52)53/h1-40H. The lowest BCUT2D eigenvalue weighted by molar-refractivity contribution is 0.670. The number of aromatic nitrogens is 2. The molecule has 7 heteroatoms. The molecule has 5 nitrogen and oxygen atoms in total. The Morgan fingerprint density at radius 1 is 0.333 bits per heavy atom. The van der Waals surface area contributed by atoms with E-state index in [-0.39, 0.29) is 0 Å². The number of thiophene rings is 2. The number of benzene rings is 12. The van der Waals surface area contributed by atoms with Gasteiger partial charge in [0.05, 0.1) is 54.0 Å². The summed E-state index contributed by atoms with van der Waals surface area (Å²) in [6.45, 7) is 0. The summed E-state index contributed by atoms with van der Waals surface area (Å²) < 4.78 is 16.1. The minimum Gasteiger partial charge on any atom is -0.455 e. The Hall–Kier alpha value is -10.5. The molecule has 17 rings (SSSR count). The van der Waals surface area contributed by atoms with Crippen LogP contribution >= 0.6 is 22.7 Å². The highest BCUT2D eigenvalue weighted by Gasteiger charge is 2.34. The van der Waals surface area contributed by atoms with Crippen molar-refractivity contribution in [3.8, 4) is 68.0 Å². The first-order valence-electron chi connectivity index (χ1n) is 27.0. The van der Waals surface area contributed by atoms with E-state index in [2.05, 4.69) is 215 Å². The molecule has 5 heterocycles. The third-order valence-corrected chi connectivity index (χ3v) is 19.0. The van der Waals surface area contributed by atoms with Crippen LogP contribution in [0.4, 0.5) is 0 Å². The van der Waals surface area contributed by atoms with E-state index in [1.54, 1.807) is 22.7 Å². The summed E-state index contributed by atoms with van der Waals surface area (Å²) in [4.78, 5) is 0. The molecule has 0 aliphatic carbocycles. The second kappa shape index (κ2) is 17.5. The molecule has 12 aromatic carbocycles. The highest BCUT2D eigenvalue weighted by atomic mass is 32.1. The maximum atomic E-state index is 12.4. The van der Waals surface area contributed by atoms with Gasteiger partial charge in [0, 0.05) is 80.0 Å². The van der Waals surface area contributed by atoms with Crippen molar-refractivity contribution in [2.75, 3.05) is 0 Å². The van der Waals surface area contributed by atoms with Crippen molar-refractivity contribution >= 4 is 129 Å². The number of nitrogens with zero attached hydrogens (tertiary/aromatic N) is 4. The molecule has 0 unspecified atom stereocenters. The minimum absolute atomic E-state index is 0.403. The Kier molecular flexibility index (Phi) is 9.82. The molecule has 0 saturated heterocycles. The van der Waals surface area contributed by atoms with E-state index in [1.165, 1.54) is 25.7 Å². The molecule has 0 fully saturated rings. The molecular weight excluding hydrogens is 1020 g/mol. The monoisotopic (exact) mass is 1060 g/mol.